The Morgan fingerprint density at radius 1 is 1.04 bits per heavy atom. The van der Waals surface area contributed by atoms with Crippen molar-refractivity contribution in [2.45, 2.75) is 13.0 Å². The number of hydrogen-bond donors (Lipinski definition) is 2. The van der Waals surface area contributed by atoms with Gasteiger partial charge in [-0.3, -0.25) is 14.5 Å². The number of rotatable bonds is 7. The first kappa shape index (κ1) is 21.7. The van der Waals surface area contributed by atoms with Crippen molar-refractivity contribution in [2.24, 2.45) is 0 Å². The van der Waals surface area contributed by atoms with Crippen LogP contribution in [0, 0.1) is 17.5 Å². The zero-order valence-electron chi connectivity index (χ0n) is 15.2. The third kappa shape index (κ3) is 5.71. The van der Waals surface area contributed by atoms with Crippen LogP contribution in [0.5, 0.6) is 0 Å². The average molecular weight is 414 g/mol. The molecular formula is C19H19ClF3N3O2. The molecule has 0 unspecified atom stereocenters. The molecule has 0 fully saturated rings. The molecule has 0 aliphatic carbocycles. The monoisotopic (exact) mass is 413 g/mol. The zero-order valence-corrected chi connectivity index (χ0v) is 16.0. The molecule has 2 rings (SSSR count). The Kier molecular flexibility index (Phi) is 7.42. The highest BCUT2D eigenvalue weighted by molar-refractivity contribution is 6.31. The molecule has 0 saturated heterocycles. The summed E-state index contributed by atoms with van der Waals surface area (Å²) in [6.07, 6.45) is 0. The summed E-state index contributed by atoms with van der Waals surface area (Å²) >= 11 is 6.09. The molecule has 2 aromatic rings. The predicted molar refractivity (Wildman–Crippen MR) is 100 cm³/mol. The standard InChI is InChI=1S/C19H19ClF3N3O2/c1-11(12-5-3-4-6-13(12)20)24-16(27)9-26(2)10-17(28)25-15-8-7-14(21)18(22)19(15)23/h3-8,11H,9-10H2,1-2H3,(H,24,27)(H,25,28)/t11-/m0/s1. The molecular weight excluding hydrogens is 395 g/mol. The molecule has 2 amide bonds. The quantitative estimate of drug-likeness (QED) is 0.683. The Hall–Kier alpha value is -2.58. The Bertz CT molecular complexity index is 879. The van der Waals surface area contributed by atoms with E-state index in [1.54, 1.807) is 31.2 Å². The van der Waals surface area contributed by atoms with E-state index in [9.17, 15) is 22.8 Å². The van der Waals surface area contributed by atoms with E-state index >= 15 is 0 Å². The molecule has 0 radical (unpaired) electrons. The van der Waals surface area contributed by atoms with Gasteiger partial charge in [0.15, 0.2) is 17.5 Å². The van der Waals surface area contributed by atoms with Crippen LogP contribution in [0.4, 0.5) is 18.9 Å². The van der Waals surface area contributed by atoms with Crippen LogP contribution in [-0.4, -0.2) is 36.9 Å². The van der Waals surface area contributed by atoms with Crippen LogP contribution in [0.25, 0.3) is 0 Å². The van der Waals surface area contributed by atoms with E-state index in [0.717, 1.165) is 11.6 Å². The minimum absolute atomic E-state index is 0.109. The number of nitrogens with zero attached hydrogens (tertiary/aromatic N) is 1. The fourth-order valence-corrected chi connectivity index (χ4v) is 2.85. The maximum atomic E-state index is 13.6. The summed E-state index contributed by atoms with van der Waals surface area (Å²) in [5.74, 6) is -5.53. The Balaban J connectivity index is 1.86. The van der Waals surface area contributed by atoms with Crippen molar-refractivity contribution in [2.75, 3.05) is 25.5 Å². The van der Waals surface area contributed by atoms with Crippen LogP contribution in [0.15, 0.2) is 36.4 Å². The second-order valence-electron chi connectivity index (χ2n) is 6.25. The van der Waals surface area contributed by atoms with Gasteiger partial charge in [-0.15, -0.1) is 0 Å². The van der Waals surface area contributed by atoms with Crippen molar-refractivity contribution >= 4 is 29.1 Å². The number of amides is 2. The van der Waals surface area contributed by atoms with Gasteiger partial charge in [0.05, 0.1) is 24.8 Å². The van der Waals surface area contributed by atoms with Crippen molar-refractivity contribution < 1.29 is 22.8 Å². The molecule has 9 heteroatoms. The summed E-state index contributed by atoms with van der Waals surface area (Å²) < 4.78 is 39.7. The Morgan fingerprint density at radius 3 is 2.36 bits per heavy atom. The normalized spacial score (nSPS) is 12.0. The van der Waals surface area contributed by atoms with E-state index in [2.05, 4.69) is 10.6 Å². The lowest BCUT2D eigenvalue weighted by molar-refractivity contribution is -0.123. The number of nitrogens with one attached hydrogen (secondary N) is 2. The molecule has 0 aliphatic heterocycles. The third-order valence-electron chi connectivity index (χ3n) is 3.89. The van der Waals surface area contributed by atoms with Crippen LogP contribution >= 0.6 is 11.6 Å². The predicted octanol–water partition coefficient (Wildman–Crippen LogP) is 3.51. The van der Waals surface area contributed by atoms with E-state index in [0.29, 0.717) is 11.1 Å². The molecule has 0 bridgehead atoms. The topological polar surface area (TPSA) is 61.4 Å². The molecule has 2 N–H and O–H groups in total. The lowest BCUT2D eigenvalue weighted by atomic mass is 10.1. The second kappa shape index (κ2) is 9.57. The lowest BCUT2D eigenvalue weighted by Crippen LogP contribution is -2.39. The van der Waals surface area contributed by atoms with Crippen LogP contribution in [0.1, 0.15) is 18.5 Å². The summed E-state index contributed by atoms with van der Waals surface area (Å²) in [5, 5.41) is 5.44. The average Bonchev–Trinajstić information content (AvgIpc) is 2.62. The first-order chi connectivity index (χ1) is 13.2. The summed E-state index contributed by atoms with van der Waals surface area (Å²) in [6.45, 7) is 1.41. The lowest BCUT2D eigenvalue weighted by Gasteiger charge is -2.19. The van der Waals surface area contributed by atoms with Gasteiger partial charge in [0.25, 0.3) is 0 Å². The number of hydrogen-bond acceptors (Lipinski definition) is 3. The Morgan fingerprint density at radius 2 is 1.68 bits per heavy atom. The summed E-state index contributed by atoms with van der Waals surface area (Å²) in [6, 6.07) is 8.39. The number of likely N-dealkylation sites (N-methyl/N-ethyl adjacent to an activating group) is 1. The molecule has 0 heterocycles. The third-order valence-corrected chi connectivity index (χ3v) is 4.23. The first-order valence-electron chi connectivity index (χ1n) is 8.34. The van der Waals surface area contributed by atoms with Gasteiger partial charge in [-0.05, 0) is 37.7 Å². The summed E-state index contributed by atoms with van der Waals surface area (Å²) in [4.78, 5) is 25.5. The van der Waals surface area contributed by atoms with Gasteiger partial charge in [0.1, 0.15) is 0 Å². The maximum absolute atomic E-state index is 13.6. The van der Waals surface area contributed by atoms with E-state index in [-0.39, 0.29) is 25.0 Å². The minimum atomic E-state index is -1.67. The number of benzene rings is 2. The van der Waals surface area contributed by atoms with Crippen molar-refractivity contribution in [3.63, 3.8) is 0 Å². The Labute approximate surface area is 165 Å². The van der Waals surface area contributed by atoms with Gasteiger partial charge in [-0.2, -0.15) is 0 Å². The van der Waals surface area contributed by atoms with Gasteiger partial charge in [-0.1, -0.05) is 29.8 Å². The van der Waals surface area contributed by atoms with E-state index < -0.39 is 29.0 Å². The molecule has 5 nitrogen and oxygen atoms in total. The van der Waals surface area contributed by atoms with Crippen LogP contribution in [0.2, 0.25) is 5.02 Å². The zero-order chi connectivity index (χ0) is 20.8. The van der Waals surface area contributed by atoms with Crippen LogP contribution in [-0.2, 0) is 9.59 Å². The van der Waals surface area contributed by atoms with Crippen molar-refractivity contribution in [3.05, 3.63) is 64.4 Å². The van der Waals surface area contributed by atoms with E-state index in [1.165, 1.54) is 11.9 Å². The van der Waals surface area contributed by atoms with E-state index in [4.69, 9.17) is 11.6 Å². The summed E-state index contributed by atoms with van der Waals surface area (Å²) in [7, 11) is 1.51. The smallest absolute Gasteiger partial charge is 0.238 e. The molecule has 0 saturated carbocycles. The molecule has 0 spiro atoms. The van der Waals surface area contributed by atoms with Crippen molar-refractivity contribution in [1.82, 2.24) is 10.2 Å². The fraction of sp³-hybridized carbons (Fsp3) is 0.263. The van der Waals surface area contributed by atoms with Gasteiger partial charge >= 0.3 is 0 Å². The number of carbonyl (C=O) groups is 2. The van der Waals surface area contributed by atoms with Crippen LogP contribution in [0.3, 0.4) is 0 Å². The van der Waals surface area contributed by atoms with Gasteiger partial charge in [-0.25, -0.2) is 13.2 Å². The maximum Gasteiger partial charge on any atom is 0.238 e. The minimum Gasteiger partial charge on any atom is -0.348 e. The SMILES string of the molecule is C[C@H](NC(=O)CN(C)CC(=O)Nc1ccc(F)c(F)c1F)c1ccccc1Cl. The fourth-order valence-electron chi connectivity index (χ4n) is 2.55. The number of anilines is 1. The highest BCUT2D eigenvalue weighted by Gasteiger charge is 2.18. The van der Waals surface area contributed by atoms with E-state index in [1.807, 2.05) is 0 Å². The molecule has 150 valence electrons. The highest BCUT2D eigenvalue weighted by atomic mass is 35.5. The summed E-state index contributed by atoms with van der Waals surface area (Å²) in [5.41, 5.74) is 0.279. The van der Waals surface area contributed by atoms with Gasteiger partial charge in [0.2, 0.25) is 11.8 Å². The number of carbonyl (C=O) groups excluding carboxylic acids is 2. The van der Waals surface area contributed by atoms with Crippen molar-refractivity contribution in [3.8, 4) is 0 Å². The van der Waals surface area contributed by atoms with Gasteiger partial charge < -0.3 is 10.6 Å². The highest BCUT2D eigenvalue weighted by Crippen LogP contribution is 2.22. The van der Waals surface area contributed by atoms with Crippen molar-refractivity contribution in [1.29, 1.82) is 0 Å². The van der Waals surface area contributed by atoms with Gasteiger partial charge in [0, 0.05) is 5.02 Å². The largest absolute Gasteiger partial charge is 0.348 e. The number of halogens is 4. The molecule has 28 heavy (non-hydrogen) atoms. The van der Waals surface area contributed by atoms with Crippen LogP contribution < -0.4 is 10.6 Å². The molecule has 1 atom stereocenters. The molecule has 0 aliphatic rings. The first-order valence-corrected chi connectivity index (χ1v) is 8.72. The molecule has 0 aromatic heterocycles. The molecule has 2 aromatic carbocycles. The second-order valence-corrected chi connectivity index (χ2v) is 6.66.